The smallest absolute Gasteiger partial charge is 0.243 e. The monoisotopic (exact) mass is 396 g/mol. The number of nitrogens with one attached hydrogen (secondary N) is 2. The summed E-state index contributed by atoms with van der Waals surface area (Å²) in [6, 6.07) is 21.3. The highest BCUT2D eigenvalue weighted by Crippen LogP contribution is 2.35. The Labute approximate surface area is 169 Å². The first-order valence-corrected chi connectivity index (χ1v) is 9.09. The van der Waals surface area contributed by atoms with Gasteiger partial charge in [-0.15, -0.1) is 0 Å². The third kappa shape index (κ3) is 4.75. The lowest BCUT2D eigenvalue weighted by atomic mass is 10.1. The summed E-state index contributed by atoms with van der Waals surface area (Å²) in [7, 11) is 3.03. The molecular weight excluding hydrogens is 376 g/mol. The highest BCUT2D eigenvalue weighted by molar-refractivity contribution is 6.32. The summed E-state index contributed by atoms with van der Waals surface area (Å²) in [6.07, 6.45) is 0. The van der Waals surface area contributed by atoms with Crippen LogP contribution >= 0.6 is 11.6 Å². The van der Waals surface area contributed by atoms with E-state index in [0.29, 0.717) is 22.2 Å². The first kappa shape index (κ1) is 19.6. The fourth-order valence-electron chi connectivity index (χ4n) is 2.75. The lowest BCUT2D eigenvalue weighted by Gasteiger charge is -2.14. The average Bonchev–Trinajstić information content (AvgIpc) is 2.74. The number of methoxy groups -OCH3 is 2. The van der Waals surface area contributed by atoms with E-state index in [1.165, 1.54) is 14.2 Å². The molecule has 144 valence electrons. The van der Waals surface area contributed by atoms with Gasteiger partial charge in [-0.05, 0) is 23.3 Å². The van der Waals surface area contributed by atoms with E-state index >= 15 is 0 Å². The predicted octanol–water partition coefficient (Wildman–Crippen LogP) is 5.07. The average molecular weight is 397 g/mol. The van der Waals surface area contributed by atoms with Crippen LogP contribution in [0.4, 0.5) is 11.4 Å². The first-order valence-electron chi connectivity index (χ1n) is 8.71. The molecule has 6 heteroatoms. The topological polar surface area (TPSA) is 59.6 Å². The fourth-order valence-corrected chi connectivity index (χ4v) is 2.98. The number of ether oxygens (including phenoxy) is 2. The Morgan fingerprint density at radius 1 is 0.893 bits per heavy atom. The van der Waals surface area contributed by atoms with Gasteiger partial charge in [-0.3, -0.25) is 4.79 Å². The molecule has 3 aromatic carbocycles. The van der Waals surface area contributed by atoms with Crippen LogP contribution in [0.25, 0.3) is 11.1 Å². The molecule has 2 N–H and O–H groups in total. The van der Waals surface area contributed by atoms with E-state index in [1.54, 1.807) is 12.1 Å². The fraction of sp³-hybridized carbons (Fsp3) is 0.136. The van der Waals surface area contributed by atoms with Gasteiger partial charge in [0.05, 0.1) is 31.5 Å². The van der Waals surface area contributed by atoms with Gasteiger partial charge in [0.15, 0.2) is 0 Å². The molecule has 3 aromatic rings. The third-order valence-electron chi connectivity index (χ3n) is 4.19. The molecule has 0 aliphatic rings. The van der Waals surface area contributed by atoms with Crippen LogP contribution in [-0.2, 0) is 4.79 Å². The van der Waals surface area contributed by atoms with E-state index in [1.807, 2.05) is 42.5 Å². The summed E-state index contributed by atoms with van der Waals surface area (Å²) in [5.41, 5.74) is 3.62. The lowest BCUT2D eigenvalue weighted by molar-refractivity contribution is -0.114. The Morgan fingerprint density at radius 3 is 2.18 bits per heavy atom. The number of hydrogen-bond acceptors (Lipinski definition) is 4. The molecule has 3 rings (SSSR count). The molecule has 0 radical (unpaired) electrons. The van der Waals surface area contributed by atoms with Gasteiger partial charge in [-0.2, -0.15) is 0 Å². The van der Waals surface area contributed by atoms with Crippen LogP contribution in [0.2, 0.25) is 5.02 Å². The standard InChI is InChI=1S/C22H21ClN2O3/c1-27-20-13-19(21(28-2)12-18(20)23)25-22(26)14-24-17-10-8-16(9-11-17)15-6-4-3-5-7-15/h3-13,24H,14H2,1-2H3,(H,25,26). The molecule has 0 heterocycles. The van der Waals surface area contributed by atoms with Crippen molar-refractivity contribution in [2.24, 2.45) is 0 Å². The Morgan fingerprint density at radius 2 is 1.54 bits per heavy atom. The minimum Gasteiger partial charge on any atom is -0.495 e. The molecule has 0 unspecified atom stereocenters. The molecule has 1 amide bonds. The third-order valence-corrected chi connectivity index (χ3v) is 4.49. The van der Waals surface area contributed by atoms with Crippen LogP contribution in [0.3, 0.4) is 0 Å². The van der Waals surface area contributed by atoms with E-state index in [4.69, 9.17) is 21.1 Å². The Hall–Kier alpha value is -3.18. The van der Waals surface area contributed by atoms with Gasteiger partial charge < -0.3 is 20.1 Å². The highest BCUT2D eigenvalue weighted by Gasteiger charge is 2.12. The molecule has 0 aliphatic carbocycles. The van der Waals surface area contributed by atoms with Gasteiger partial charge >= 0.3 is 0 Å². The molecule has 0 fully saturated rings. The number of hydrogen-bond donors (Lipinski definition) is 2. The summed E-state index contributed by atoms with van der Waals surface area (Å²) in [5, 5.41) is 6.33. The normalized spacial score (nSPS) is 10.2. The van der Waals surface area contributed by atoms with Crippen LogP contribution in [-0.4, -0.2) is 26.7 Å². The van der Waals surface area contributed by atoms with E-state index in [0.717, 1.165) is 16.8 Å². The zero-order chi connectivity index (χ0) is 19.9. The van der Waals surface area contributed by atoms with E-state index in [2.05, 4.69) is 22.8 Å². The number of amides is 1. The van der Waals surface area contributed by atoms with Gasteiger partial charge in [0.25, 0.3) is 0 Å². The summed E-state index contributed by atoms with van der Waals surface area (Å²) in [6.45, 7) is 0.110. The van der Waals surface area contributed by atoms with Crippen molar-refractivity contribution in [2.45, 2.75) is 0 Å². The van der Waals surface area contributed by atoms with Crippen molar-refractivity contribution in [1.29, 1.82) is 0 Å². The van der Waals surface area contributed by atoms with Crippen LogP contribution in [0.1, 0.15) is 0 Å². The largest absolute Gasteiger partial charge is 0.495 e. The Balaban J connectivity index is 1.62. The molecule has 0 atom stereocenters. The molecular formula is C22H21ClN2O3. The Bertz CT molecular complexity index is 944. The molecule has 0 saturated heterocycles. The molecule has 0 saturated carbocycles. The summed E-state index contributed by atoms with van der Waals surface area (Å²) in [5.74, 6) is 0.711. The van der Waals surface area contributed by atoms with Crippen molar-refractivity contribution in [2.75, 3.05) is 31.4 Å². The SMILES string of the molecule is COc1cc(NC(=O)CNc2ccc(-c3ccccc3)cc2)c(OC)cc1Cl. The number of rotatable bonds is 7. The number of anilines is 2. The van der Waals surface area contributed by atoms with Crippen molar-refractivity contribution in [1.82, 2.24) is 0 Å². The Kier molecular flexibility index (Phi) is 6.40. The van der Waals surface area contributed by atoms with E-state index in [9.17, 15) is 4.79 Å². The zero-order valence-corrected chi connectivity index (χ0v) is 16.4. The minimum atomic E-state index is -0.213. The first-order chi connectivity index (χ1) is 13.6. The van der Waals surface area contributed by atoms with E-state index < -0.39 is 0 Å². The summed E-state index contributed by atoms with van der Waals surface area (Å²) in [4.78, 5) is 12.3. The maximum absolute atomic E-state index is 12.3. The van der Waals surface area contributed by atoms with Gasteiger partial charge in [-0.25, -0.2) is 0 Å². The van der Waals surface area contributed by atoms with Crippen molar-refractivity contribution < 1.29 is 14.3 Å². The van der Waals surface area contributed by atoms with Crippen molar-refractivity contribution in [3.63, 3.8) is 0 Å². The van der Waals surface area contributed by atoms with Crippen molar-refractivity contribution in [3.8, 4) is 22.6 Å². The quantitative estimate of drug-likeness (QED) is 0.585. The summed E-state index contributed by atoms with van der Waals surface area (Å²) >= 11 is 6.08. The second-order valence-electron chi connectivity index (χ2n) is 6.03. The van der Waals surface area contributed by atoms with Crippen LogP contribution in [0.5, 0.6) is 11.5 Å². The lowest BCUT2D eigenvalue weighted by Crippen LogP contribution is -2.22. The van der Waals surface area contributed by atoms with Crippen LogP contribution in [0, 0.1) is 0 Å². The minimum absolute atomic E-state index is 0.110. The van der Waals surface area contributed by atoms with Gasteiger partial charge in [0.1, 0.15) is 11.5 Å². The van der Waals surface area contributed by atoms with Gasteiger partial charge in [0.2, 0.25) is 5.91 Å². The zero-order valence-electron chi connectivity index (χ0n) is 15.7. The number of carbonyl (C=O) groups excluding carboxylic acids is 1. The molecule has 0 aromatic heterocycles. The number of halogens is 1. The second kappa shape index (κ2) is 9.15. The van der Waals surface area contributed by atoms with Crippen LogP contribution < -0.4 is 20.1 Å². The maximum atomic E-state index is 12.3. The molecule has 0 spiro atoms. The molecule has 0 aliphatic heterocycles. The number of benzene rings is 3. The van der Waals surface area contributed by atoms with Gasteiger partial charge in [0, 0.05) is 17.8 Å². The van der Waals surface area contributed by atoms with Crippen molar-refractivity contribution in [3.05, 3.63) is 71.8 Å². The van der Waals surface area contributed by atoms with Gasteiger partial charge in [-0.1, -0.05) is 54.1 Å². The maximum Gasteiger partial charge on any atom is 0.243 e. The second-order valence-corrected chi connectivity index (χ2v) is 6.44. The molecule has 5 nitrogen and oxygen atoms in total. The van der Waals surface area contributed by atoms with Crippen LogP contribution in [0.15, 0.2) is 66.7 Å². The van der Waals surface area contributed by atoms with E-state index in [-0.39, 0.29) is 12.5 Å². The number of carbonyl (C=O) groups is 1. The molecule has 28 heavy (non-hydrogen) atoms. The summed E-state index contributed by atoms with van der Waals surface area (Å²) < 4.78 is 10.5. The molecule has 0 bridgehead atoms. The highest BCUT2D eigenvalue weighted by atomic mass is 35.5. The predicted molar refractivity (Wildman–Crippen MR) is 114 cm³/mol. The van der Waals surface area contributed by atoms with Crippen molar-refractivity contribution >= 4 is 28.9 Å².